The molecule has 74 valence electrons. The predicted octanol–water partition coefficient (Wildman–Crippen LogP) is 1.82. The number of pyridine rings is 1. The number of hydrogen-bond acceptors (Lipinski definition) is 3. The number of anilines is 1. The molecule has 1 heterocycles. The summed E-state index contributed by atoms with van der Waals surface area (Å²) in [4.78, 5) is 16.8. The third kappa shape index (κ3) is 2.02. The van der Waals surface area contributed by atoms with E-state index in [1.54, 1.807) is 31.6 Å². The molecule has 1 aliphatic carbocycles. The Hall–Kier alpha value is -1.58. The lowest BCUT2D eigenvalue weighted by molar-refractivity contribution is 0.148. The average Bonchev–Trinajstić information content (AvgIpc) is 3.02. The molecule has 0 atom stereocenters. The van der Waals surface area contributed by atoms with Gasteiger partial charge in [0.15, 0.2) is 0 Å². The maximum Gasteiger partial charge on any atom is 0.414 e. The van der Waals surface area contributed by atoms with E-state index in [0.29, 0.717) is 0 Å². The Morgan fingerprint density at radius 1 is 1.50 bits per heavy atom. The maximum atomic E-state index is 11.5. The zero-order valence-electron chi connectivity index (χ0n) is 8.01. The van der Waals surface area contributed by atoms with Crippen LogP contribution in [0.25, 0.3) is 0 Å². The van der Waals surface area contributed by atoms with Crippen LogP contribution in [-0.4, -0.2) is 24.2 Å². The molecule has 2 rings (SSSR count). The van der Waals surface area contributed by atoms with Crippen molar-refractivity contribution >= 4 is 11.8 Å². The molecule has 14 heavy (non-hydrogen) atoms. The molecular formula is C10H12N2O2. The summed E-state index contributed by atoms with van der Waals surface area (Å²) in [6.07, 6.45) is 5.14. The van der Waals surface area contributed by atoms with Crippen molar-refractivity contribution in [2.45, 2.75) is 18.9 Å². The quantitative estimate of drug-likeness (QED) is 0.717. The first kappa shape index (κ1) is 8.99. The molecule has 1 aromatic rings. The third-order valence-corrected chi connectivity index (χ3v) is 2.12. The zero-order valence-corrected chi connectivity index (χ0v) is 8.01. The van der Waals surface area contributed by atoms with Crippen LogP contribution in [0.3, 0.4) is 0 Å². The van der Waals surface area contributed by atoms with E-state index in [9.17, 15) is 4.79 Å². The number of ether oxygens (including phenoxy) is 1. The summed E-state index contributed by atoms with van der Waals surface area (Å²) in [5, 5.41) is 0. The molecular weight excluding hydrogens is 180 g/mol. The van der Waals surface area contributed by atoms with Gasteiger partial charge >= 0.3 is 6.09 Å². The van der Waals surface area contributed by atoms with E-state index >= 15 is 0 Å². The first-order valence-corrected chi connectivity index (χ1v) is 4.62. The highest BCUT2D eigenvalue weighted by atomic mass is 16.6. The highest BCUT2D eigenvalue weighted by Crippen LogP contribution is 2.25. The molecule has 0 radical (unpaired) electrons. The van der Waals surface area contributed by atoms with Crippen molar-refractivity contribution in [3.05, 3.63) is 24.5 Å². The van der Waals surface area contributed by atoms with Gasteiger partial charge < -0.3 is 4.74 Å². The van der Waals surface area contributed by atoms with Crippen molar-refractivity contribution in [1.82, 2.24) is 4.98 Å². The molecule has 1 fully saturated rings. The summed E-state index contributed by atoms with van der Waals surface area (Å²) in [6, 6.07) is 3.54. The Balaban J connectivity index is 1.99. The number of hydrogen-bond donors (Lipinski definition) is 0. The van der Waals surface area contributed by atoms with E-state index in [4.69, 9.17) is 4.74 Å². The van der Waals surface area contributed by atoms with Gasteiger partial charge in [-0.25, -0.2) is 4.79 Å². The Labute approximate surface area is 82.5 Å². The smallest absolute Gasteiger partial charge is 0.414 e. The van der Waals surface area contributed by atoms with Crippen LogP contribution in [0.5, 0.6) is 0 Å². The fraction of sp³-hybridized carbons (Fsp3) is 0.400. The minimum atomic E-state index is -0.293. The largest absolute Gasteiger partial charge is 0.446 e. The monoisotopic (exact) mass is 192 g/mol. The van der Waals surface area contributed by atoms with Crippen LogP contribution in [0.2, 0.25) is 0 Å². The van der Waals surface area contributed by atoms with Gasteiger partial charge in [-0.1, -0.05) is 0 Å². The molecule has 0 aromatic carbocycles. The fourth-order valence-corrected chi connectivity index (χ4v) is 1.08. The van der Waals surface area contributed by atoms with Crippen molar-refractivity contribution in [3.8, 4) is 0 Å². The van der Waals surface area contributed by atoms with Gasteiger partial charge in [0, 0.05) is 25.1 Å². The van der Waals surface area contributed by atoms with Gasteiger partial charge in [0.1, 0.15) is 6.10 Å². The van der Waals surface area contributed by atoms with E-state index in [-0.39, 0.29) is 12.2 Å². The number of rotatable bonds is 2. The highest BCUT2D eigenvalue weighted by Gasteiger charge is 2.27. The summed E-state index contributed by atoms with van der Waals surface area (Å²) in [5.41, 5.74) is 0.797. The van der Waals surface area contributed by atoms with Crippen molar-refractivity contribution in [3.63, 3.8) is 0 Å². The lowest BCUT2D eigenvalue weighted by Crippen LogP contribution is -2.27. The van der Waals surface area contributed by atoms with Gasteiger partial charge in [-0.3, -0.25) is 9.88 Å². The second-order valence-electron chi connectivity index (χ2n) is 3.35. The van der Waals surface area contributed by atoms with Crippen molar-refractivity contribution < 1.29 is 9.53 Å². The van der Waals surface area contributed by atoms with E-state index in [1.165, 1.54) is 4.90 Å². The summed E-state index contributed by atoms with van der Waals surface area (Å²) in [5.74, 6) is 0. The van der Waals surface area contributed by atoms with Gasteiger partial charge in [-0.15, -0.1) is 0 Å². The summed E-state index contributed by atoms with van der Waals surface area (Å²) < 4.78 is 5.14. The summed E-state index contributed by atoms with van der Waals surface area (Å²) in [7, 11) is 1.69. The van der Waals surface area contributed by atoms with Gasteiger partial charge in [0.2, 0.25) is 0 Å². The molecule has 0 spiro atoms. The molecule has 1 amide bonds. The Kier molecular flexibility index (Phi) is 2.35. The molecule has 0 unspecified atom stereocenters. The van der Waals surface area contributed by atoms with Crippen molar-refractivity contribution in [2.75, 3.05) is 11.9 Å². The standard InChI is InChI=1S/C10H12N2O2/c1-12(8-4-6-11-7-5-8)10(13)14-9-2-3-9/h4-7,9H,2-3H2,1H3. The minimum Gasteiger partial charge on any atom is -0.446 e. The van der Waals surface area contributed by atoms with Crippen LogP contribution >= 0.6 is 0 Å². The van der Waals surface area contributed by atoms with E-state index < -0.39 is 0 Å². The average molecular weight is 192 g/mol. The maximum absolute atomic E-state index is 11.5. The molecule has 1 saturated carbocycles. The van der Waals surface area contributed by atoms with E-state index in [0.717, 1.165) is 18.5 Å². The first-order valence-electron chi connectivity index (χ1n) is 4.62. The Morgan fingerprint density at radius 2 is 2.14 bits per heavy atom. The zero-order chi connectivity index (χ0) is 9.97. The van der Waals surface area contributed by atoms with Crippen LogP contribution in [-0.2, 0) is 4.74 Å². The Morgan fingerprint density at radius 3 is 2.71 bits per heavy atom. The lowest BCUT2D eigenvalue weighted by Gasteiger charge is -2.16. The van der Waals surface area contributed by atoms with Crippen molar-refractivity contribution in [1.29, 1.82) is 0 Å². The van der Waals surface area contributed by atoms with Crippen LogP contribution in [0.4, 0.5) is 10.5 Å². The van der Waals surface area contributed by atoms with Gasteiger partial charge in [0.05, 0.1) is 0 Å². The third-order valence-electron chi connectivity index (χ3n) is 2.12. The SMILES string of the molecule is CN(C(=O)OC1CC1)c1ccncc1. The Bertz CT molecular complexity index is 322. The van der Waals surface area contributed by atoms with Crippen LogP contribution in [0.1, 0.15) is 12.8 Å². The second-order valence-corrected chi connectivity index (χ2v) is 3.35. The topological polar surface area (TPSA) is 42.4 Å². The molecule has 4 nitrogen and oxygen atoms in total. The second kappa shape index (κ2) is 3.65. The fourth-order valence-electron chi connectivity index (χ4n) is 1.08. The molecule has 1 aliphatic rings. The summed E-state index contributed by atoms with van der Waals surface area (Å²) in [6.45, 7) is 0. The number of carbonyl (C=O) groups excluding carboxylic acids is 1. The van der Waals surface area contributed by atoms with Gasteiger partial charge in [0.25, 0.3) is 0 Å². The molecule has 0 bridgehead atoms. The molecule has 0 aliphatic heterocycles. The number of nitrogens with zero attached hydrogens (tertiary/aromatic N) is 2. The molecule has 0 N–H and O–H groups in total. The minimum absolute atomic E-state index is 0.145. The van der Waals surface area contributed by atoms with Crippen LogP contribution in [0.15, 0.2) is 24.5 Å². The van der Waals surface area contributed by atoms with Gasteiger partial charge in [-0.05, 0) is 25.0 Å². The number of aromatic nitrogens is 1. The van der Waals surface area contributed by atoms with E-state index in [1.807, 2.05) is 0 Å². The summed E-state index contributed by atoms with van der Waals surface area (Å²) >= 11 is 0. The number of amides is 1. The molecule has 0 saturated heterocycles. The number of carbonyl (C=O) groups is 1. The predicted molar refractivity (Wildman–Crippen MR) is 52.1 cm³/mol. The lowest BCUT2D eigenvalue weighted by atomic mass is 10.4. The molecule has 1 aromatic heterocycles. The molecule has 4 heteroatoms. The normalized spacial score (nSPS) is 14.9. The van der Waals surface area contributed by atoms with Crippen molar-refractivity contribution in [2.24, 2.45) is 0 Å². The van der Waals surface area contributed by atoms with Crippen LogP contribution < -0.4 is 4.90 Å². The first-order chi connectivity index (χ1) is 6.77. The van der Waals surface area contributed by atoms with Crippen LogP contribution in [0, 0.1) is 0 Å². The van der Waals surface area contributed by atoms with Gasteiger partial charge in [-0.2, -0.15) is 0 Å². The highest BCUT2D eigenvalue weighted by molar-refractivity contribution is 5.86. The van der Waals surface area contributed by atoms with E-state index in [2.05, 4.69) is 4.98 Å².